The molecular formula is C22H27FN4O3S. The third-order valence-electron chi connectivity index (χ3n) is 5.79. The van der Waals surface area contributed by atoms with Gasteiger partial charge in [-0.15, -0.1) is 11.3 Å². The van der Waals surface area contributed by atoms with Gasteiger partial charge >= 0.3 is 0 Å². The third kappa shape index (κ3) is 4.67. The summed E-state index contributed by atoms with van der Waals surface area (Å²) in [5.41, 5.74) is -1.07. The third-order valence-corrected chi connectivity index (χ3v) is 6.74. The maximum atomic E-state index is 14.1. The van der Waals surface area contributed by atoms with Crippen molar-refractivity contribution in [2.45, 2.75) is 31.2 Å². The molecule has 3 amide bonds. The molecule has 1 fully saturated rings. The molecule has 0 saturated carbocycles. The van der Waals surface area contributed by atoms with Gasteiger partial charge in [-0.05, 0) is 38.7 Å². The lowest BCUT2D eigenvalue weighted by atomic mass is 9.75. The molecule has 0 bridgehead atoms. The minimum absolute atomic E-state index is 0.159. The molecule has 9 heteroatoms. The normalized spacial score (nSPS) is 19.9. The van der Waals surface area contributed by atoms with E-state index in [9.17, 15) is 18.8 Å². The van der Waals surface area contributed by atoms with Gasteiger partial charge in [0, 0.05) is 44.6 Å². The van der Waals surface area contributed by atoms with Gasteiger partial charge in [0.15, 0.2) is 0 Å². The Hall–Kier alpha value is -2.65. The van der Waals surface area contributed by atoms with Crippen LogP contribution in [0.1, 0.15) is 36.4 Å². The summed E-state index contributed by atoms with van der Waals surface area (Å²) in [6.45, 7) is 2.59. The summed E-state index contributed by atoms with van der Waals surface area (Å²) in [7, 11) is 5.35. The molecule has 7 nitrogen and oxygen atoms in total. The second kappa shape index (κ2) is 9.23. The quantitative estimate of drug-likeness (QED) is 0.583. The lowest BCUT2D eigenvalue weighted by Crippen LogP contribution is -2.44. The Morgan fingerprint density at radius 2 is 2.06 bits per heavy atom. The number of hydrogen-bond acceptors (Lipinski definition) is 6. The molecule has 0 unspecified atom stereocenters. The summed E-state index contributed by atoms with van der Waals surface area (Å²) in [6, 6.07) is 5.35. The van der Waals surface area contributed by atoms with Gasteiger partial charge in [0.25, 0.3) is 0 Å². The van der Waals surface area contributed by atoms with Crippen molar-refractivity contribution < 1.29 is 18.8 Å². The first-order valence-electron chi connectivity index (χ1n) is 10.1. The molecule has 0 radical (unpaired) electrons. The number of carbonyl (C=O) groups excluding carboxylic acids is 3. The van der Waals surface area contributed by atoms with Crippen molar-refractivity contribution in [3.63, 3.8) is 0 Å². The minimum atomic E-state index is -1.42. The number of benzene rings is 1. The van der Waals surface area contributed by atoms with E-state index in [1.54, 1.807) is 19.3 Å². The van der Waals surface area contributed by atoms with E-state index in [0.29, 0.717) is 12.1 Å². The molecule has 1 aromatic carbocycles. The molecule has 31 heavy (non-hydrogen) atoms. The Labute approximate surface area is 185 Å². The Kier molecular flexibility index (Phi) is 6.86. The molecule has 3 rings (SSSR count). The number of rotatable bonds is 8. The molecule has 0 N–H and O–H groups in total. The summed E-state index contributed by atoms with van der Waals surface area (Å²) >= 11 is 1.44. The first-order valence-corrected chi connectivity index (χ1v) is 10.9. The molecular weight excluding hydrogens is 419 g/mol. The number of likely N-dealkylation sites (N-methyl/N-ethyl adjacent to an activating group) is 1. The van der Waals surface area contributed by atoms with Crippen molar-refractivity contribution in [2.24, 2.45) is 0 Å². The van der Waals surface area contributed by atoms with Crippen LogP contribution in [0.3, 0.4) is 0 Å². The summed E-state index contributed by atoms with van der Waals surface area (Å²) in [5, 5.41) is 2.61. The highest BCUT2D eigenvalue weighted by molar-refractivity contribution is 7.09. The Morgan fingerprint density at radius 1 is 1.32 bits per heavy atom. The van der Waals surface area contributed by atoms with Crippen LogP contribution < -0.4 is 0 Å². The van der Waals surface area contributed by atoms with Crippen LogP contribution in [0.15, 0.2) is 35.8 Å². The van der Waals surface area contributed by atoms with Crippen LogP contribution in [0, 0.1) is 5.82 Å². The fraction of sp³-hybridized carbons (Fsp3) is 0.455. The topological polar surface area (TPSA) is 73.8 Å². The molecule has 1 aliphatic heterocycles. The number of halogens is 1. The first kappa shape index (κ1) is 23.0. The zero-order valence-corrected chi connectivity index (χ0v) is 19.0. The molecule has 1 aromatic heterocycles. The van der Waals surface area contributed by atoms with Crippen LogP contribution in [0.5, 0.6) is 0 Å². The van der Waals surface area contributed by atoms with Gasteiger partial charge in [0.2, 0.25) is 17.7 Å². The standard InChI is InChI=1S/C22H27FN4O3S/c1-15(20-24-8-11-31-20)26(4)18(28)13-22(16-6-5-7-17(23)12-16)14-19(29)27(21(22)30)10-9-25(2)3/h5-8,11-12,15H,9-10,13-14H2,1-4H3/t15-,22+/m0/s1. The van der Waals surface area contributed by atoms with Gasteiger partial charge in [-0.1, -0.05) is 12.1 Å². The van der Waals surface area contributed by atoms with Crippen molar-refractivity contribution in [3.05, 3.63) is 52.2 Å². The highest BCUT2D eigenvalue weighted by atomic mass is 32.1. The molecule has 166 valence electrons. The van der Waals surface area contributed by atoms with Crippen LogP contribution in [-0.2, 0) is 19.8 Å². The van der Waals surface area contributed by atoms with Crippen molar-refractivity contribution in [1.82, 2.24) is 19.7 Å². The van der Waals surface area contributed by atoms with Gasteiger partial charge < -0.3 is 9.80 Å². The molecule has 2 atom stereocenters. The molecule has 2 heterocycles. The number of aromatic nitrogens is 1. The monoisotopic (exact) mass is 446 g/mol. The zero-order valence-electron chi connectivity index (χ0n) is 18.2. The van der Waals surface area contributed by atoms with Gasteiger partial charge in [0.1, 0.15) is 10.8 Å². The predicted octanol–water partition coefficient (Wildman–Crippen LogP) is 2.45. The van der Waals surface area contributed by atoms with Crippen LogP contribution in [0.25, 0.3) is 0 Å². The van der Waals surface area contributed by atoms with Gasteiger partial charge in [-0.3, -0.25) is 19.3 Å². The minimum Gasteiger partial charge on any atom is -0.337 e. The largest absolute Gasteiger partial charge is 0.337 e. The SMILES string of the molecule is C[C@@H](c1nccs1)N(C)C(=O)C[C@]1(c2cccc(F)c2)CC(=O)N(CCN(C)C)C1=O. The summed E-state index contributed by atoms with van der Waals surface area (Å²) in [5.74, 6) is -1.61. The smallest absolute Gasteiger partial charge is 0.240 e. The number of likely N-dealkylation sites (tertiary alicyclic amines) is 1. The zero-order chi connectivity index (χ0) is 22.8. The fourth-order valence-corrected chi connectivity index (χ4v) is 4.52. The molecule has 1 aliphatic rings. The van der Waals surface area contributed by atoms with Crippen molar-refractivity contribution in [1.29, 1.82) is 0 Å². The van der Waals surface area contributed by atoms with E-state index in [1.165, 1.54) is 39.3 Å². The van der Waals surface area contributed by atoms with Gasteiger partial charge in [-0.2, -0.15) is 0 Å². The van der Waals surface area contributed by atoms with Crippen molar-refractivity contribution in [3.8, 4) is 0 Å². The second-order valence-corrected chi connectivity index (χ2v) is 9.08. The van der Waals surface area contributed by atoms with Gasteiger partial charge in [-0.25, -0.2) is 9.37 Å². The summed E-state index contributed by atoms with van der Waals surface area (Å²) in [6.07, 6.45) is 1.30. The van der Waals surface area contributed by atoms with Gasteiger partial charge in [0.05, 0.1) is 11.5 Å². The van der Waals surface area contributed by atoms with E-state index in [-0.39, 0.29) is 37.2 Å². The molecule has 1 saturated heterocycles. The van der Waals surface area contributed by atoms with Crippen molar-refractivity contribution in [2.75, 3.05) is 34.2 Å². The van der Waals surface area contributed by atoms with Crippen molar-refractivity contribution >= 4 is 29.1 Å². The molecule has 2 aromatic rings. The highest BCUT2D eigenvalue weighted by Crippen LogP contribution is 2.41. The number of nitrogens with zero attached hydrogens (tertiary/aromatic N) is 4. The predicted molar refractivity (Wildman–Crippen MR) is 116 cm³/mol. The maximum absolute atomic E-state index is 14.1. The van der Waals surface area contributed by atoms with E-state index in [0.717, 1.165) is 5.01 Å². The van der Waals surface area contributed by atoms with Crippen LogP contribution in [0.4, 0.5) is 4.39 Å². The maximum Gasteiger partial charge on any atom is 0.240 e. The summed E-state index contributed by atoms with van der Waals surface area (Å²) < 4.78 is 14.1. The van der Waals surface area contributed by atoms with Crippen LogP contribution in [-0.4, -0.2) is 71.6 Å². The first-order chi connectivity index (χ1) is 14.7. The van der Waals surface area contributed by atoms with Crippen LogP contribution >= 0.6 is 11.3 Å². The lowest BCUT2D eigenvalue weighted by molar-refractivity contribution is -0.143. The van der Waals surface area contributed by atoms with E-state index >= 15 is 0 Å². The number of hydrogen-bond donors (Lipinski definition) is 0. The molecule has 0 aliphatic carbocycles. The Morgan fingerprint density at radius 3 is 2.68 bits per heavy atom. The van der Waals surface area contributed by atoms with E-state index in [2.05, 4.69) is 4.98 Å². The highest BCUT2D eigenvalue weighted by Gasteiger charge is 2.54. The second-order valence-electron chi connectivity index (χ2n) is 8.15. The lowest BCUT2D eigenvalue weighted by Gasteiger charge is -2.31. The summed E-state index contributed by atoms with van der Waals surface area (Å²) in [4.78, 5) is 48.4. The van der Waals surface area contributed by atoms with Crippen LogP contribution in [0.2, 0.25) is 0 Å². The number of carbonyl (C=O) groups is 3. The fourth-order valence-electron chi connectivity index (χ4n) is 3.78. The van der Waals surface area contributed by atoms with E-state index in [4.69, 9.17) is 0 Å². The Bertz CT molecular complexity index is 965. The Balaban J connectivity index is 1.93. The van der Waals surface area contributed by atoms with E-state index < -0.39 is 17.1 Å². The van der Waals surface area contributed by atoms with E-state index in [1.807, 2.05) is 31.3 Å². The number of thiazole rings is 1. The number of imide groups is 1. The number of amides is 3. The average molecular weight is 447 g/mol. The average Bonchev–Trinajstić information content (AvgIpc) is 3.33. The molecule has 0 spiro atoms.